The van der Waals surface area contributed by atoms with Gasteiger partial charge in [-0.25, -0.2) is 0 Å². The van der Waals surface area contributed by atoms with Crippen molar-refractivity contribution in [1.82, 2.24) is 4.90 Å². The fraction of sp³-hybridized carbons (Fsp3) is 0.605. The number of aliphatic hydroxyl groups is 4. The van der Waals surface area contributed by atoms with E-state index in [4.69, 9.17) is 9.47 Å². The molecular weight excluding hydrogens is 582 g/mol. The number of carbonyl (C=O) groups is 1. The zero-order chi connectivity index (χ0) is 32.9. The van der Waals surface area contributed by atoms with Crippen molar-refractivity contribution in [3.05, 3.63) is 76.4 Å². The first kappa shape index (κ1) is 34.7. The molecule has 3 aliphatic carbocycles. The number of allylic oxidation sites excluding steroid dienone is 2. The minimum atomic E-state index is -1.11. The molecule has 4 N–H and O–H groups in total. The van der Waals surface area contributed by atoms with E-state index in [0.29, 0.717) is 62.1 Å². The second-order valence-corrected chi connectivity index (χ2v) is 14.2. The van der Waals surface area contributed by atoms with Crippen LogP contribution in [-0.2, 0) is 11.2 Å². The van der Waals surface area contributed by atoms with Gasteiger partial charge in [-0.2, -0.15) is 0 Å². The van der Waals surface area contributed by atoms with E-state index >= 15 is 0 Å². The second kappa shape index (κ2) is 15.1. The van der Waals surface area contributed by atoms with Crippen LogP contribution in [0.4, 0.5) is 0 Å². The third-order valence-corrected chi connectivity index (χ3v) is 10.9. The highest BCUT2D eigenvalue weighted by Gasteiger charge is 2.57. The van der Waals surface area contributed by atoms with E-state index in [9.17, 15) is 25.2 Å². The van der Waals surface area contributed by atoms with Gasteiger partial charge in [-0.05, 0) is 112 Å². The predicted octanol–water partition coefficient (Wildman–Crippen LogP) is 4.80. The molecule has 1 aliphatic heterocycles. The van der Waals surface area contributed by atoms with Gasteiger partial charge in [-0.3, -0.25) is 9.69 Å². The van der Waals surface area contributed by atoms with E-state index in [1.54, 1.807) is 31.4 Å². The zero-order valence-corrected chi connectivity index (χ0v) is 27.8. The van der Waals surface area contributed by atoms with Crippen LogP contribution in [0.3, 0.4) is 0 Å². The minimum Gasteiger partial charge on any atom is -0.497 e. The molecule has 1 saturated carbocycles. The summed E-state index contributed by atoms with van der Waals surface area (Å²) in [5.74, 6) is 0.497. The predicted molar refractivity (Wildman–Crippen MR) is 178 cm³/mol. The highest BCUT2D eigenvalue weighted by atomic mass is 16.5. The monoisotopic (exact) mass is 635 g/mol. The summed E-state index contributed by atoms with van der Waals surface area (Å²) in [4.78, 5) is 16.3. The number of fused-ring (bicyclic) bond motifs is 8. The summed E-state index contributed by atoms with van der Waals surface area (Å²) in [6, 6.07) is 13.2. The Morgan fingerprint density at radius 3 is 2.61 bits per heavy atom. The van der Waals surface area contributed by atoms with Gasteiger partial charge >= 0.3 is 0 Å². The third kappa shape index (κ3) is 7.75. The molecular formula is C38H53NO7. The summed E-state index contributed by atoms with van der Waals surface area (Å²) < 4.78 is 11.3. The maximum Gasteiger partial charge on any atom is 0.193 e. The van der Waals surface area contributed by atoms with Crippen LogP contribution in [0.5, 0.6) is 5.75 Å². The molecule has 8 heteroatoms. The molecule has 0 spiro atoms. The Morgan fingerprint density at radius 1 is 1.13 bits per heavy atom. The van der Waals surface area contributed by atoms with Crippen molar-refractivity contribution in [1.29, 1.82) is 0 Å². The van der Waals surface area contributed by atoms with Gasteiger partial charge in [0.25, 0.3) is 0 Å². The maximum atomic E-state index is 14.2. The normalized spacial score (nSPS) is 29.3. The van der Waals surface area contributed by atoms with Crippen LogP contribution in [0.15, 0.2) is 54.1 Å². The van der Waals surface area contributed by atoms with Gasteiger partial charge in [0.15, 0.2) is 5.78 Å². The lowest BCUT2D eigenvalue weighted by atomic mass is 9.64. The highest BCUT2D eigenvalue weighted by Crippen LogP contribution is 2.59. The first-order valence-electron chi connectivity index (χ1n) is 17.1. The molecule has 252 valence electrons. The summed E-state index contributed by atoms with van der Waals surface area (Å²) in [5, 5.41) is 43.8. The molecule has 1 saturated heterocycles. The lowest BCUT2D eigenvalue weighted by Gasteiger charge is -2.46. The molecule has 2 aromatic carbocycles. The van der Waals surface area contributed by atoms with Crippen molar-refractivity contribution in [3.63, 3.8) is 0 Å². The third-order valence-electron chi connectivity index (χ3n) is 10.9. The summed E-state index contributed by atoms with van der Waals surface area (Å²) >= 11 is 0. The van der Waals surface area contributed by atoms with Crippen LogP contribution in [0, 0.1) is 5.41 Å². The molecule has 2 bridgehead atoms. The number of ketones is 1. The lowest BCUT2D eigenvalue weighted by molar-refractivity contribution is -0.0945. The molecule has 0 aromatic heterocycles. The van der Waals surface area contributed by atoms with E-state index in [1.807, 2.05) is 12.1 Å². The number of aliphatic hydroxyl groups excluding tert-OH is 3. The molecule has 8 nitrogen and oxygen atoms in total. The number of hydrogen-bond acceptors (Lipinski definition) is 8. The Morgan fingerprint density at radius 2 is 1.91 bits per heavy atom. The quantitative estimate of drug-likeness (QED) is 0.217. The average Bonchev–Trinajstić information content (AvgIpc) is 3.64. The minimum absolute atomic E-state index is 0.0330. The number of methoxy groups -OCH3 is 1. The van der Waals surface area contributed by atoms with Crippen LogP contribution >= 0.6 is 0 Å². The molecule has 6 atom stereocenters. The van der Waals surface area contributed by atoms with Gasteiger partial charge in [-0.15, -0.1) is 0 Å². The van der Waals surface area contributed by atoms with E-state index < -0.39 is 23.2 Å². The largest absolute Gasteiger partial charge is 0.497 e. The topological polar surface area (TPSA) is 120 Å². The zero-order valence-electron chi connectivity index (χ0n) is 27.8. The van der Waals surface area contributed by atoms with Gasteiger partial charge in [0.2, 0.25) is 0 Å². The number of benzene rings is 2. The Balaban J connectivity index is 1.56. The van der Waals surface area contributed by atoms with Crippen LogP contribution in [0.2, 0.25) is 0 Å². The fourth-order valence-corrected chi connectivity index (χ4v) is 8.10. The second-order valence-electron chi connectivity index (χ2n) is 14.2. The fourth-order valence-electron chi connectivity index (χ4n) is 8.10. The van der Waals surface area contributed by atoms with Crippen molar-refractivity contribution in [2.75, 3.05) is 40.0 Å². The molecule has 1 heterocycles. The van der Waals surface area contributed by atoms with E-state index in [2.05, 4.69) is 30.9 Å². The Hall–Kier alpha value is -2.59. The summed E-state index contributed by atoms with van der Waals surface area (Å²) in [7, 11) is 1.60. The molecule has 4 aliphatic rings. The van der Waals surface area contributed by atoms with Crippen LogP contribution in [0.25, 0.3) is 0 Å². The smallest absolute Gasteiger partial charge is 0.193 e. The SMILES string of the molecule is COc1ccc(C(=O)c2cc3ccc2C2CCC(O)(CN(CC(O)CO)CC4CCCO4)C2(C)CCC=C(C)CCC(O)C3)cc1. The molecule has 2 fully saturated rings. The van der Waals surface area contributed by atoms with Crippen LogP contribution in [-0.4, -0.2) is 95.0 Å². The van der Waals surface area contributed by atoms with Gasteiger partial charge in [0.1, 0.15) is 5.75 Å². The van der Waals surface area contributed by atoms with Crippen LogP contribution < -0.4 is 4.74 Å². The van der Waals surface area contributed by atoms with Crippen molar-refractivity contribution in [2.24, 2.45) is 5.41 Å². The molecule has 0 amide bonds. The number of rotatable bonds is 10. The van der Waals surface area contributed by atoms with E-state index in [0.717, 1.165) is 43.4 Å². The van der Waals surface area contributed by atoms with Gasteiger partial charge < -0.3 is 29.9 Å². The number of ether oxygens (including phenoxy) is 2. The molecule has 6 unspecified atom stereocenters. The van der Waals surface area contributed by atoms with Crippen molar-refractivity contribution in [2.45, 2.75) is 101 Å². The standard InChI is InChI=1S/C38H53NO7/c1-26-6-4-17-37(2)35(16-18-38(37,44)25-39(22-30(42)24-40)23-32-7-5-19-46-32)33-15-9-27(20-29(41)12-8-26)21-34(33)36(43)28-10-13-31(45-3)14-11-28/h6,9-11,13-15,21,29-30,32,35,40-42,44H,4-5,7-8,12,16-20,22-25H2,1-3H3. The van der Waals surface area contributed by atoms with Crippen molar-refractivity contribution >= 4 is 5.78 Å². The van der Waals surface area contributed by atoms with E-state index in [1.165, 1.54) is 5.57 Å². The maximum absolute atomic E-state index is 14.2. The number of carbonyl (C=O) groups excluding carboxylic acids is 1. The molecule has 46 heavy (non-hydrogen) atoms. The van der Waals surface area contributed by atoms with Gasteiger partial charge in [0, 0.05) is 42.8 Å². The molecule has 2 aromatic rings. The summed E-state index contributed by atoms with van der Waals surface area (Å²) in [6.45, 7) is 5.82. The Labute approximate surface area is 274 Å². The van der Waals surface area contributed by atoms with Crippen molar-refractivity contribution in [3.8, 4) is 5.75 Å². The summed E-state index contributed by atoms with van der Waals surface area (Å²) in [6.07, 6.45) is 7.40. The number of nitrogens with zero attached hydrogens (tertiary/aromatic N) is 1. The number of hydrogen-bond donors (Lipinski definition) is 4. The van der Waals surface area contributed by atoms with Gasteiger partial charge in [-0.1, -0.05) is 30.7 Å². The summed E-state index contributed by atoms with van der Waals surface area (Å²) in [5.41, 5.74) is 2.55. The lowest BCUT2D eigenvalue weighted by Crippen LogP contribution is -2.55. The average molecular weight is 636 g/mol. The molecule has 6 rings (SSSR count). The van der Waals surface area contributed by atoms with Crippen LogP contribution in [0.1, 0.15) is 98.2 Å². The first-order valence-corrected chi connectivity index (χ1v) is 17.1. The first-order chi connectivity index (χ1) is 22.0. The van der Waals surface area contributed by atoms with Crippen molar-refractivity contribution < 1.29 is 34.7 Å². The Kier molecular flexibility index (Phi) is 11.4. The van der Waals surface area contributed by atoms with Gasteiger partial charge in [0.05, 0.1) is 37.6 Å². The Bertz CT molecular complexity index is 1350. The van der Waals surface area contributed by atoms with E-state index in [-0.39, 0.29) is 31.0 Å². The highest BCUT2D eigenvalue weighted by molar-refractivity contribution is 6.10. The molecule has 0 radical (unpaired) electrons.